The van der Waals surface area contributed by atoms with Crippen molar-refractivity contribution in [2.75, 3.05) is 0 Å². The van der Waals surface area contributed by atoms with Gasteiger partial charge in [0, 0.05) is 0 Å². The lowest BCUT2D eigenvalue weighted by atomic mass is 9.89. The number of hydrogen-bond acceptors (Lipinski definition) is 4. The zero-order valence-electron chi connectivity index (χ0n) is 9.31. The van der Waals surface area contributed by atoms with Crippen molar-refractivity contribution < 1.29 is 4.79 Å². The van der Waals surface area contributed by atoms with Gasteiger partial charge in [-0.15, -0.1) is 0 Å². The van der Waals surface area contributed by atoms with Crippen LogP contribution in [0, 0.1) is 0 Å². The fraction of sp³-hybridized carbons (Fsp3) is 0.417. The third-order valence-corrected chi connectivity index (χ3v) is 3.54. The summed E-state index contributed by atoms with van der Waals surface area (Å²) in [7, 11) is 0. The number of aromatic nitrogens is 3. The molecule has 1 saturated carbocycles. The Hall–Kier alpha value is -2.00. The Morgan fingerprint density at radius 1 is 1.24 bits per heavy atom. The first-order chi connectivity index (χ1) is 8.34. The lowest BCUT2D eigenvalue weighted by Gasteiger charge is -2.22. The first-order valence-electron chi connectivity index (χ1n) is 5.74. The Bertz CT molecular complexity index is 591. The second-order valence-electron chi connectivity index (χ2n) is 4.47. The van der Waals surface area contributed by atoms with E-state index in [0.29, 0.717) is 0 Å². The minimum Gasteiger partial charge on any atom is -0.211 e. The SMILES string of the molecule is O=C=NC1(c2ccc3n[nH]nc3c2)CCCC1. The number of isocyanates is 1. The number of H-pyrrole nitrogens is 1. The quantitative estimate of drug-likeness (QED) is 0.631. The molecule has 0 radical (unpaired) electrons. The Kier molecular flexibility index (Phi) is 2.27. The van der Waals surface area contributed by atoms with Gasteiger partial charge in [0.25, 0.3) is 0 Å². The third kappa shape index (κ3) is 1.56. The molecule has 17 heavy (non-hydrogen) atoms. The number of benzene rings is 1. The molecule has 0 saturated heterocycles. The van der Waals surface area contributed by atoms with Crippen molar-refractivity contribution in [3.05, 3.63) is 23.8 Å². The normalized spacial score (nSPS) is 18.1. The molecule has 1 aromatic heterocycles. The molecule has 3 rings (SSSR count). The molecule has 5 nitrogen and oxygen atoms in total. The molecule has 0 bridgehead atoms. The minimum atomic E-state index is -0.380. The lowest BCUT2D eigenvalue weighted by molar-refractivity contribution is 0.456. The van der Waals surface area contributed by atoms with Crippen LogP contribution in [0.3, 0.4) is 0 Å². The number of nitrogens with one attached hydrogen (secondary N) is 1. The van der Waals surface area contributed by atoms with Gasteiger partial charge in [-0.1, -0.05) is 18.9 Å². The van der Waals surface area contributed by atoms with E-state index in [1.807, 2.05) is 18.2 Å². The van der Waals surface area contributed by atoms with E-state index in [9.17, 15) is 4.79 Å². The van der Waals surface area contributed by atoms with Crippen molar-refractivity contribution in [2.24, 2.45) is 4.99 Å². The predicted octanol–water partition coefficient (Wildman–Crippen LogP) is 2.06. The number of fused-ring (bicyclic) bond motifs is 1. The molecule has 1 aromatic carbocycles. The number of carbonyl (C=O) groups excluding carboxylic acids is 1. The number of nitrogens with zero attached hydrogens (tertiary/aromatic N) is 3. The summed E-state index contributed by atoms with van der Waals surface area (Å²) < 4.78 is 0. The van der Waals surface area contributed by atoms with Crippen LogP contribution in [0.25, 0.3) is 11.0 Å². The molecule has 0 amide bonds. The minimum absolute atomic E-state index is 0.380. The van der Waals surface area contributed by atoms with Crippen LogP contribution in [0.15, 0.2) is 23.2 Å². The monoisotopic (exact) mass is 228 g/mol. The summed E-state index contributed by atoms with van der Waals surface area (Å²) in [5, 5.41) is 10.7. The van der Waals surface area contributed by atoms with Crippen molar-refractivity contribution >= 4 is 17.1 Å². The van der Waals surface area contributed by atoms with Crippen LogP contribution in [0.5, 0.6) is 0 Å². The molecular weight excluding hydrogens is 216 g/mol. The average molecular weight is 228 g/mol. The molecule has 1 N–H and O–H groups in total. The van der Waals surface area contributed by atoms with Gasteiger partial charge in [-0.25, -0.2) is 4.79 Å². The van der Waals surface area contributed by atoms with Crippen LogP contribution < -0.4 is 0 Å². The summed E-state index contributed by atoms with van der Waals surface area (Å²) in [6.45, 7) is 0. The Morgan fingerprint density at radius 2 is 2.00 bits per heavy atom. The first kappa shape index (κ1) is 10.2. The summed E-state index contributed by atoms with van der Waals surface area (Å²) in [5.41, 5.74) is 2.31. The molecule has 1 heterocycles. The van der Waals surface area contributed by atoms with Gasteiger partial charge in [-0.05, 0) is 30.5 Å². The molecule has 0 spiro atoms. The highest BCUT2D eigenvalue weighted by molar-refractivity contribution is 5.74. The van der Waals surface area contributed by atoms with Gasteiger partial charge in [0.1, 0.15) is 11.0 Å². The maximum Gasteiger partial charge on any atom is 0.235 e. The summed E-state index contributed by atoms with van der Waals surface area (Å²) in [4.78, 5) is 14.7. The Morgan fingerprint density at radius 3 is 2.76 bits per heavy atom. The smallest absolute Gasteiger partial charge is 0.211 e. The molecule has 0 aliphatic heterocycles. The Labute approximate surface area is 97.9 Å². The van der Waals surface area contributed by atoms with Crippen molar-refractivity contribution in [3.63, 3.8) is 0 Å². The standard InChI is InChI=1S/C12H12N4O/c17-8-13-12(5-1-2-6-12)9-3-4-10-11(7-9)15-16-14-10/h3-4,7H,1-2,5-6H2,(H,14,15,16). The van der Waals surface area contributed by atoms with E-state index in [1.165, 1.54) is 0 Å². The summed E-state index contributed by atoms with van der Waals surface area (Å²) in [6.07, 6.45) is 5.74. The number of hydrogen-bond donors (Lipinski definition) is 1. The molecule has 0 unspecified atom stereocenters. The summed E-state index contributed by atoms with van der Waals surface area (Å²) >= 11 is 0. The summed E-state index contributed by atoms with van der Waals surface area (Å²) in [5.74, 6) is 0. The molecule has 1 aliphatic carbocycles. The predicted molar refractivity (Wildman–Crippen MR) is 62.2 cm³/mol. The van der Waals surface area contributed by atoms with Gasteiger partial charge >= 0.3 is 0 Å². The van der Waals surface area contributed by atoms with Crippen molar-refractivity contribution in [2.45, 2.75) is 31.2 Å². The van der Waals surface area contributed by atoms with Crippen LogP contribution in [-0.4, -0.2) is 21.5 Å². The molecule has 86 valence electrons. The largest absolute Gasteiger partial charge is 0.235 e. The van der Waals surface area contributed by atoms with Gasteiger partial charge < -0.3 is 0 Å². The van der Waals surface area contributed by atoms with Crippen LogP contribution >= 0.6 is 0 Å². The van der Waals surface area contributed by atoms with E-state index in [0.717, 1.165) is 42.3 Å². The number of aromatic amines is 1. The van der Waals surface area contributed by atoms with Gasteiger partial charge in [0.15, 0.2) is 0 Å². The van der Waals surface area contributed by atoms with E-state index in [2.05, 4.69) is 20.4 Å². The van der Waals surface area contributed by atoms with Crippen molar-refractivity contribution in [3.8, 4) is 0 Å². The highest BCUT2D eigenvalue weighted by Crippen LogP contribution is 2.42. The summed E-state index contributed by atoms with van der Waals surface area (Å²) in [6, 6.07) is 5.86. The lowest BCUT2D eigenvalue weighted by Crippen LogP contribution is -2.18. The zero-order valence-corrected chi connectivity index (χ0v) is 9.31. The molecular formula is C12H12N4O. The second kappa shape index (κ2) is 3.79. The number of aliphatic imine (C=N–C) groups is 1. The Balaban J connectivity index is 2.14. The van der Waals surface area contributed by atoms with Crippen LogP contribution in [0.1, 0.15) is 31.2 Å². The van der Waals surface area contributed by atoms with E-state index in [-0.39, 0.29) is 5.54 Å². The molecule has 0 atom stereocenters. The van der Waals surface area contributed by atoms with E-state index in [1.54, 1.807) is 6.08 Å². The first-order valence-corrected chi connectivity index (χ1v) is 5.74. The third-order valence-electron chi connectivity index (χ3n) is 3.54. The van der Waals surface area contributed by atoms with Crippen LogP contribution in [0.2, 0.25) is 0 Å². The van der Waals surface area contributed by atoms with Gasteiger partial charge in [-0.2, -0.15) is 20.4 Å². The maximum atomic E-state index is 10.6. The van der Waals surface area contributed by atoms with Crippen molar-refractivity contribution in [1.29, 1.82) is 0 Å². The van der Waals surface area contributed by atoms with E-state index >= 15 is 0 Å². The molecule has 5 heteroatoms. The topological polar surface area (TPSA) is 71.0 Å². The fourth-order valence-electron chi connectivity index (χ4n) is 2.64. The molecule has 2 aromatic rings. The zero-order chi connectivity index (χ0) is 11.7. The van der Waals surface area contributed by atoms with Crippen LogP contribution in [-0.2, 0) is 10.3 Å². The number of rotatable bonds is 2. The van der Waals surface area contributed by atoms with Gasteiger partial charge in [0.2, 0.25) is 6.08 Å². The molecule has 1 aliphatic rings. The second-order valence-corrected chi connectivity index (χ2v) is 4.47. The highest BCUT2D eigenvalue weighted by atomic mass is 16.1. The van der Waals surface area contributed by atoms with E-state index in [4.69, 9.17) is 0 Å². The fourth-order valence-corrected chi connectivity index (χ4v) is 2.64. The molecule has 1 fully saturated rings. The van der Waals surface area contributed by atoms with Gasteiger partial charge in [0.05, 0.1) is 5.54 Å². The maximum absolute atomic E-state index is 10.6. The highest BCUT2D eigenvalue weighted by Gasteiger charge is 2.35. The van der Waals surface area contributed by atoms with Gasteiger partial charge in [-0.3, -0.25) is 0 Å². The average Bonchev–Trinajstić information content (AvgIpc) is 2.96. The van der Waals surface area contributed by atoms with E-state index < -0.39 is 0 Å². The van der Waals surface area contributed by atoms with Crippen molar-refractivity contribution in [1.82, 2.24) is 15.4 Å². The van der Waals surface area contributed by atoms with Crippen LogP contribution in [0.4, 0.5) is 0 Å².